The van der Waals surface area contributed by atoms with Crippen LogP contribution in [0, 0.1) is 40.4 Å². The van der Waals surface area contributed by atoms with E-state index >= 15 is 0 Å². The summed E-state index contributed by atoms with van der Waals surface area (Å²) in [6, 6.07) is 0. The van der Waals surface area contributed by atoms with Crippen LogP contribution in [0.5, 0.6) is 0 Å². The van der Waals surface area contributed by atoms with Crippen LogP contribution in [-0.2, 0) is 9.59 Å². The molecular formula is C22H32O3. The molecule has 3 heteroatoms. The highest BCUT2D eigenvalue weighted by Crippen LogP contribution is 2.65. The summed E-state index contributed by atoms with van der Waals surface area (Å²) >= 11 is 0. The topological polar surface area (TPSA) is 54.4 Å². The van der Waals surface area contributed by atoms with E-state index < -0.39 is 5.97 Å². The molecular weight excluding hydrogens is 312 g/mol. The Balaban J connectivity index is 1.61. The lowest BCUT2D eigenvalue weighted by atomic mass is 9.47. The quantitative estimate of drug-likeness (QED) is 0.728. The van der Waals surface area contributed by atoms with Crippen molar-refractivity contribution in [2.75, 3.05) is 0 Å². The molecule has 1 N–H and O–H groups in total. The zero-order chi connectivity index (χ0) is 18.0. The summed E-state index contributed by atoms with van der Waals surface area (Å²) in [6.45, 7) is 6.81. The van der Waals surface area contributed by atoms with E-state index in [9.17, 15) is 9.59 Å². The Bertz CT molecular complexity index is 635. The molecule has 0 spiro atoms. The average Bonchev–Trinajstić information content (AvgIpc) is 2.78. The van der Waals surface area contributed by atoms with Crippen molar-refractivity contribution in [2.45, 2.75) is 72.1 Å². The first-order valence-electron chi connectivity index (χ1n) is 10.2. The van der Waals surface area contributed by atoms with Crippen LogP contribution in [-0.4, -0.2) is 16.9 Å². The van der Waals surface area contributed by atoms with Crippen LogP contribution < -0.4 is 0 Å². The lowest BCUT2D eigenvalue weighted by Gasteiger charge is -2.57. The molecule has 3 nitrogen and oxygen atoms in total. The molecule has 0 unspecified atom stereocenters. The average molecular weight is 344 g/mol. The fourth-order valence-electron chi connectivity index (χ4n) is 7.27. The first-order chi connectivity index (χ1) is 11.8. The number of hydrogen-bond acceptors (Lipinski definition) is 2. The second kappa shape index (κ2) is 5.69. The summed E-state index contributed by atoms with van der Waals surface area (Å²) < 4.78 is 0. The Labute approximate surface area is 151 Å². The number of ketones is 1. The highest BCUT2D eigenvalue weighted by atomic mass is 16.4. The normalized spacial score (nSPS) is 49.0. The lowest BCUT2D eigenvalue weighted by molar-refractivity contribution is -0.138. The number of Topliss-reactive ketones (excluding diaryl/α,β-unsaturated/α-hetero) is 1. The summed E-state index contributed by atoms with van der Waals surface area (Å²) in [7, 11) is 0. The molecule has 0 radical (unpaired) electrons. The molecule has 0 aliphatic heterocycles. The molecule has 3 fully saturated rings. The molecule has 0 aromatic heterocycles. The van der Waals surface area contributed by atoms with Gasteiger partial charge in [-0.15, -0.1) is 0 Å². The van der Waals surface area contributed by atoms with E-state index in [0.717, 1.165) is 38.5 Å². The number of fused-ring (bicyclic) bond motifs is 5. The minimum atomic E-state index is -0.658. The van der Waals surface area contributed by atoms with Gasteiger partial charge in [0.2, 0.25) is 0 Å². The Morgan fingerprint density at radius 2 is 1.92 bits per heavy atom. The maximum absolute atomic E-state index is 12.8. The largest absolute Gasteiger partial charge is 0.481 e. The van der Waals surface area contributed by atoms with Gasteiger partial charge in [0.15, 0.2) is 0 Å². The van der Waals surface area contributed by atoms with Crippen LogP contribution in [0.15, 0.2) is 11.6 Å². The van der Waals surface area contributed by atoms with Crippen molar-refractivity contribution in [3.8, 4) is 0 Å². The van der Waals surface area contributed by atoms with Crippen molar-refractivity contribution >= 4 is 11.8 Å². The highest BCUT2D eigenvalue weighted by Gasteiger charge is 2.60. The van der Waals surface area contributed by atoms with Gasteiger partial charge in [-0.2, -0.15) is 0 Å². The van der Waals surface area contributed by atoms with Gasteiger partial charge in [-0.25, -0.2) is 0 Å². The van der Waals surface area contributed by atoms with Crippen LogP contribution >= 0.6 is 0 Å². The monoisotopic (exact) mass is 344 g/mol. The standard InChI is InChI=1S/C22H32O3/c1-13-10-18-16-5-4-15-11-14(12-19(23)24)6-8-21(15,2)17(16)7-9-22(18,3)20(13)25/h4,13-14,16-18H,5-12H2,1-3H3,(H,23,24)/t13-,14-,16+,17-,18-,21-,22-/m0/s1. The Morgan fingerprint density at radius 1 is 1.20 bits per heavy atom. The number of carbonyl (C=O) groups excluding carboxylic acids is 1. The van der Waals surface area contributed by atoms with Crippen molar-refractivity contribution < 1.29 is 14.7 Å². The maximum Gasteiger partial charge on any atom is 0.303 e. The number of rotatable bonds is 2. The second-order valence-corrected chi connectivity index (χ2v) is 9.92. The number of allylic oxidation sites excluding steroid dienone is 2. The smallest absolute Gasteiger partial charge is 0.303 e. The van der Waals surface area contributed by atoms with E-state index in [1.807, 2.05) is 0 Å². The fourth-order valence-corrected chi connectivity index (χ4v) is 7.27. The van der Waals surface area contributed by atoms with E-state index in [-0.39, 0.29) is 16.7 Å². The van der Waals surface area contributed by atoms with Gasteiger partial charge in [0.1, 0.15) is 5.78 Å². The Hall–Kier alpha value is -1.12. The molecule has 25 heavy (non-hydrogen) atoms. The molecule has 0 heterocycles. The van der Waals surface area contributed by atoms with E-state index in [4.69, 9.17) is 5.11 Å². The first-order valence-corrected chi connectivity index (χ1v) is 10.2. The minimum Gasteiger partial charge on any atom is -0.481 e. The van der Waals surface area contributed by atoms with E-state index in [1.54, 1.807) is 0 Å². The molecule has 0 bridgehead atoms. The lowest BCUT2D eigenvalue weighted by Crippen LogP contribution is -2.50. The van der Waals surface area contributed by atoms with E-state index in [1.165, 1.54) is 12.0 Å². The van der Waals surface area contributed by atoms with Crippen LogP contribution in [0.25, 0.3) is 0 Å². The van der Waals surface area contributed by atoms with Crippen molar-refractivity contribution in [1.82, 2.24) is 0 Å². The molecule has 7 atom stereocenters. The van der Waals surface area contributed by atoms with Gasteiger partial charge < -0.3 is 5.11 Å². The van der Waals surface area contributed by atoms with Gasteiger partial charge in [-0.3, -0.25) is 9.59 Å². The molecule has 4 aliphatic rings. The third-order valence-electron chi connectivity index (χ3n) is 8.68. The van der Waals surface area contributed by atoms with Gasteiger partial charge in [0.05, 0.1) is 0 Å². The van der Waals surface area contributed by atoms with Gasteiger partial charge in [-0.1, -0.05) is 32.4 Å². The number of aliphatic carboxylic acids is 1. The molecule has 3 saturated carbocycles. The van der Waals surface area contributed by atoms with E-state index in [2.05, 4.69) is 26.8 Å². The van der Waals surface area contributed by atoms with Gasteiger partial charge in [0.25, 0.3) is 0 Å². The predicted molar refractivity (Wildman–Crippen MR) is 97.0 cm³/mol. The molecule has 0 aromatic carbocycles. The highest BCUT2D eigenvalue weighted by molar-refractivity contribution is 5.89. The van der Waals surface area contributed by atoms with Crippen LogP contribution in [0.3, 0.4) is 0 Å². The number of hydrogen-bond donors (Lipinski definition) is 1. The third kappa shape index (κ3) is 2.44. The fraction of sp³-hybridized carbons (Fsp3) is 0.818. The summed E-state index contributed by atoms with van der Waals surface area (Å²) in [5, 5.41) is 9.14. The molecule has 0 saturated heterocycles. The second-order valence-electron chi connectivity index (χ2n) is 9.92. The SMILES string of the molecule is C[C@H]1C[C@H]2[C@@H]3CC=C4C[C@@H](CC(=O)O)CC[C@]4(C)[C@H]3CC[C@]2(C)C1=O. The molecule has 4 aliphatic carbocycles. The number of carbonyl (C=O) groups is 2. The van der Waals surface area contributed by atoms with Crippen LogP contribution in [0.1, 0.15) is 72.1 Å². The molecule has 0 aromatic rings. The van der Waals surface area contributed by atoms with Gasteiger partial charge in [-0.05, 0) is 74.0 Å². The zero-order valence-electron chi connectivity index (χ0n) is 15.9. The predicted octanol–water partition coefficient (Wildman–Crippen LogP) is 4.86. The van der Waals surface area contributed by atoms with Crippen molar-refractivity contribution in [1.29, 1.82) is 0 Å². The van der Waals surface area contributed by atoms with Gasteiger partial charge in [0, 0.05) is 17.8 Å². The van der Waals surface area contributed by atoms with Crippen molar-refractivity contribution in [3.05, 3.63) is 11.6 Å². The van der Waals surface area contributed by atoms with Crippen LogP contribution in [0.4, 0.5) is 0 Å². The zero-order valence-corrected chi connectivity index (χ0v) is 15.9. The van der Waals surface area contributed by atoms with E-state index in [0.29, 0.717) is 35.9 Å². The Kier molecular flexibility index (Phi) is 3.94. The first kappa shape index (κ1) is 17.3. The van der Waals surface area contributed by atoms with Crippen molar-refractivity contribution in [3.63, 3.8) is 0 Å². The molecule has 4 rings (SSSR count). The summed E-state index contributed by atoms with van der Waals surface area (Å²) in [6.07, 6.45) is 10.3. The summed E-state index contributed by atoms with van der Waals surface area (Å²) in [5.74, 6) is 2.30. The molecule has 138 valence electrons. The number of carboxylic acid groups (broad SMARTS) is 1. The van der Waals surface area contributed by atoms with Crippen LogP contribution in [0.2, 0.25) is 0 Å². The summed E-state index contributed by atoms with van der Waals surface area (Å²) in [4.78, 5) is 23.9. The third-order valence-corrected chi connectivity index (χ3v) is 8.68. The minimum absolute atomic E-state index is 0.0806. The van der Waals surface area contributed by atoms with Gasteiger partial charge >= 0.3 is 5.97 Å². The number of carboxylic acids is 1. The maximum atomic E-state index is 12.8. The molecule has 0 amide bonds. The van der Waals surface area contributed by atoms with Crippen molar-refractivity contribution in [2.24, 2.45) is 40.4 Å². The Morgan fingerprint density at radius 3 is 2.64 bits per heavy atom. The summed E-state index contributed by atoms with van der Waals surface area (Å²) in [5.41, 5.74) is 1.70.